The van der Waals surface area contributed by atoms with E-state index in [9.17, 15) is 8.78 Å². The minimum absolute atomic E-state index is 0.141. The monoisotopic (exact) mass is 204 g/mol. The van der Waals surface area contributed by atoms with Crippen LogP contribution in [0.25, 0.3) is 0 Å². The highest BCUT2D eigenvalue weighted by molar-refractivity contribution is 4.88. The topological polar surface area (TPSA) is 0 Å². The number of hydrogen-bond donors (Lipinski definition) is 0. The van der Waals surface area contributed by atoms with Crippen LogP contribution in [-0.2, 0) is 0 Å². The quantitative estimate of drug-likeness (QED) is 0.553. The van der Waals surface area contributed by atoms with Crippen molar-refractivity contribution in [1.82, 2.24) is 0 Å². The number of hydrogen-bond acceptors (Lipinski definition) is 0. The van der Waals surface area contributed by atoms with E-state index in [0.29, 0.717) is 11.8 Å². The smallest absolute Gasteiger partial charge is 0.207 e. The van der Waals surface area contributed by atoms with Gasteiger partial charge in [-0.05, 0) is 11.8 Å². The summed E-state index contributed by atoms with van der Waals surface area (Å²) in [6.07, 6.45) is 6.44. The van der Waals surface area contributed by atoms with Crippen LogP contribution in [-0.4, -0.2) is 5.92 Å². The normalized spacial score (nSPS) is 23.1. The lowest BCUT2D eigenvalue weighted by Gasteiger charge is -2.38. The molecule has 0 aromatic rings. The maximum absolute atomic E-state index is 12.6. The Kier molecular flexibility index (Phi) is 4.33. The zero-order valence-electron chi connectivity index (χ0n) is 9.36. The molecule has 2 heteroatoms. The van der Waals surface area contributed by atoms with Crippen molar-refractivity contribution >= 4 is 0 Å². The first-order valence-corrected chi connectivity index (χ1v) is 5.93. The first-order chi connectivity index (χ1) is 6.55. The molecule has 84 valence electrons. The molecule has 1 saturated carbocycles. The molecule has 0 radical (unpaired) electrons. The van der Waals surface area contributed by atoms with E-state index in [2.05, 4.69) is 13.8 Å². The molecule has 0 N–H and O–H groups in total. The highest BCUT2D eigenvalue weighted by Gasteiger charge is 2.46. The number of alkyl halides is 2. The summed E-state index contributed by atoms with van der Waals surface area (Å²) in [6, 6.07) is 0. The molecule has 1 unspecified atom stereocenters. The summed E-state index contributed by atoms with van der Waals surface area (Å²) in [5.74, 6) is -1.53. The van der Waals surface area contributed by atoms with Crippen LogP contribution in [0.2, 0.25) is 0 Å². The van der Waals surface area contributed by atoms with Gasteiger partial charge in [0.2, 0.25) is 5.92 Å². The fraction of sp³-hybridized carbons (Fsp3) is 1.00. The van der Waals surface area contributed by atoms with Crippen molar-refractivity contribution in [2.75, 3.05) is 0 Å². The van der Waals surface area contributed by atoms with E-state index in [4.69, 9.17) is 0 Å². The molecule has 1 rings (SSSR count). The molecule has 0 bridgehead atoms. The summed E-state index contributed by atoms with van der Waals surface area (Å²) >= 11 is 0. The van der Waals surface area contributed by atoms with E-state index in [1.807, 2.05) is 0 Å². The number of unbranched alkanes of at least 4 members (excludes halogenated alkanes) is 3. The van der Waals surface area contributed by atoms with Crippen molar-refractivity contribution in [2.24, 2.45) is 11.8 Å². The first kappa shape index (κ1) is 11.9. The molecule has 0 aliphatic heterocycles. The van der Waals surface area contributed by atoms with Crippen LogP contribution in [0.3, 0.4) is 0 Å². The molecule has 1 atom stereocenters. The third-order valence-electron chi connectivity index (χ3n) is 3.44. The van der Waals surface area contributed by atoms with Crippen molar-refractivity contribution in [1.29, 1.82) is 0 Å². The molecule has 0 saturated heterocycles. The van der Waals surface area contributed by atoms with Gasteiger partial charge in [0.25, 0.3) is 0 Å². The Labute approximate surface area is 86.1 Å². The van der Waals surface area contributed by atoms with Gasteiger partial charge >= 0.3 is 0 Å². The van der Waals surface area contributed by atoms with E-state index in [-0.39, 0.29) is 12.8 Å². The largest absolute Gasteiger partial charge is 0.248 e. The average Bonchev–Trinajstić information content (AvgIpc) is 2.08. The lowest BCUT2D eigenvalue weighted by atomic mass is 9.72. The SMILES string of the molecule is CCCCCCC(C)C1CC(F)(F)C1. The fourth-order valence-corrected chi connectivity index (χ4v) is 2.24. The third kappa shape index (κ3) is 3.55. The molecule has 0 heterocycles. The van der Waals surface area contributed by atoms with E-state index < -0.39 is 5.92 Å². The van der Waals surface area contributed by atoms with Crippen LogP contribution in [0.4, 0.5) is 8.78 Å². The van der Waals surface area contributed by atoms with Crippen LogP contribution in [0.5, 0.6) is 0 Å². The third-order valence-corrected chi connectivity index (χ3v) is 3.44. The Hall–Kier alpha value is -0.140. The summed E-state index contributed by atoms with van der Waals surface area (Å²) in [5.41, 5.74) is 0. The average molecular weight is 204 g/mol. The Balaban J connectivity index is 2.03. The van der Waals surface area contributed by atoms with Gasteiger partial charge in [0.1, 0.15) is 0 Å². The van der Waals surface area contributed by atoms with Crippen LogP contribution in [0.1, 0.15) is 58.8 Å². The summed E-state index contributed by atoms with van der Waals surface area (Å²) in [4.78, 5) is 0. The lowest BCUT2D eigenvalue weighted by Crippen LogP contribution is -2.38. The maximum Gasteiger partial charge on any atom is 0.248 e. The predicted octanol–water partition coefficient (Wildman–Crippen LogP) is 4.64. The Morgan fingerprint density at radius 3 is 2.36 bits per heavy atom. The minimum Gasteiger partial charge on any atom is -0.207 e. The molecule has 0 amide bonds. The van der Waals surface area contributed by atoms with Crippen molar-refractivity contribution in [3.8, 4) is 0 Å². The number of halogens is 2. The lowest BCUT2D eigenvalue weighted by molar-refractivity contribution is -0.124. The van der Waals surface area contributed by atoms with Gasteiger partial charge in [-0.1, -0.05) is 46.0 Å². The van der Waals surface area contributed by atoms with Gasteiger partial charge in [-0.3, -0.25) is 0 Å². The molecule has 0 spiro atoms. The van der Waals surface area contributed by atoms with Gasteiger partial charge < -0.3 is 0 Å². The second kappa shape index (κ2) is 5.09. The van der Waals surface area contributed by atoms with Crippen molar-refractivity contribution in [2.45, 2.75) is 64.7 Å². The Bertz CT molecular complexity index is 158. The van der Waals surface area contributed by atoms with Crippen molar-refractivity contribution < 1.29 is 8.78 Å². The molecular weight excluding hydrogens is 182 g/mol. The molecule has 0 nitrogen and oxygen atoms in total. The molecule has 0 aromatic carbocycles. The Morgan fingerprint density at radius 2 is 1.86 bits per heavy atom. The van der Waals surface area contributed by atoms with Crippen molar-refractivity contribution in [3.63, 3.8) is 0 Å². The fourth-order valence-electron chi connectivity index (χ4n) is 2.24. The standard InChI is InChI=1S/C12H22F2/c1-3-4-5-6-7-10(2)11-8-12(13,14)9-11/h10-11H,3-9H2,1-2H3. The molecule has 1 fully saturated rings. The first-order valence-electron chi connectivity index (χ1n) is 5.93. The van der Waals surface area contributed by atoms with E-state index in [1.165, 1.54) is 25.7 Å². The van der Waals surface area contributed by atoms with Crippen LogP contribution in [0.15, 0.2) is 0 Å². The zero-order chi connectivity index (χ0) is 10.6. The summed E-state index contributed by atoms with van der Waals surface area (Å²) < 4.78 is 25.2. The molecule has 0 aromatic heterocycles. The van der Waals surface area contributed by atoms with Gasteiger partial charge in [0.05, 0.1) is 0 Å². The van der Waals surface area contributed by atoms with Gasteiger partial charge in [-0.25, -0.2) is 8.78 Å². The molecule has 14 heavy (non-hydrogen) atoms. The second-order valence-corrected chi connectivity index (χ2v) is 4.85. The zero-order valence-corrected chi connectivity index (χ0v) is 9.36. The van der Waals surface area contributed by atoms with Crippen LogP contribution in [0, 0.1) is 11.8 Å². The highest BCUT2D eigenvalue weighted by atomic mass is 19.3. The van der Waals surface area contributed by atoms with E-state index in [0.717, 1.165) is 6.42 Å². The van der Waals surface area contributed by atoms with Gasteiger partial charge in [0.15, 0.2) is 0 Å². The van der Waals surface area contributed by atoms with E-state index >= 15 is 0 Å². The predicted molar refractivity (Wildman–Crippen MR) is 55.6 cm³/mol. The minimum atomic E-state index is -2.33. The second-order valence-electron chi connectivity index (χ2n) is 4.85. The summed E-state index contributed by atoms with van der Waals surface area (Å²) in [7, 11) is 0. The number of rotatable bonds is 6. The molecule has 1 aliphatic rings. The Morgan fingerprint density at radius 1 is 1.21 bits per heavy atom. The van der Waals surface area contributed by atoms with Gasteiger partial charge in [0, 0.05) is 12.8 Å². The van der Waals surface area contributed by atoms with Gasteiger partial charge in [-0.15, -0.1) is 0 Å². The summed E-state index contributed by atoms with van der Waals surface area (Å²) in [6.45, 7) is 4.32. The van der Waals surface area contributed by atoms with Gasteiger partial charge in [-0.2, -0.15) is 0 Å². The summed E-state index contributed by atoms with van der Waals surface area (Å²) in [5, 5.41) is 0. The van der Waals surface area contributed by atoms with E-state index in [1.54, 1.807) is 0 Å². The molecule has 1 aliphatic carbocycles. The highest BCUT2D eigenvalue weighted by Crippen LogP contribution is 2.47. The van der Waals surface area contributed by atoms with Crippen LogP contribution >= 0.6 is 0 Å². The molecular formula is C12H22F2. The maximum atomic E-state index is 12.6. The van der Waals surface area contributed by atoms with Crippen LogP contribution < -0.4 is 0 Å². The van der Waals surface area contributed by atoms with Crippen molar-refractivity contribution in [3.05, 3.63) is 0 Å².